The Morgan fingerprint density at radius 3 is 2.26 bits per heavy atom. The molecule has 0 saturated carbocycles. The summed E-state index contributed by atoms with van der Waals surface area (Å²) in [5.74, 6) is 0. The molecule has 106 valence electrons. The summed E-state index contributed by atoms with van der Waals surface area (Å²) in [6.07, 6.45) is -4.80. The van der Waals surface area contributed by atoms with Crippen molar-refractivity contribution in [1.29, 1.82) is 0 Å². The highest BCUT2D eigenvalue weighted by molar-refractivity contribution is 7.99. The fourth-order valence-corrected chi connectivity index (χ4v) is 2.91. The van der Waals surface area contributed by atoms with Gasteiger partial charge in [0.1, 0.15) is 29.9 Å². The monoisotopic (exact) mass is 287 g/mol. The van der Waals surface area contributed by atoms with Crippen molar-refractivity contribution in [1.82, 2.24) is 0 Å². The van der Waals surface area contributed by atoms with Crippen molar-refractivity contribution < 1.29 is 25.2 Å². The normalized spacial score (nSPS) is 35.3. The number of hydrogen-bond donors (Lipinski definition) is 5. The van der Waals surface area contributed by atoms with Crippen molar-refractivity contribution in [2.75, 3.05) is 12.3 Å². The first-order valence-corrected chi connectivity index (χ1v) is 6.73. The Bertz CT molecular complexity index is 413. The van der Waals surface area contributed by atoms with E-state index in [1.54, 1.807) is 24.3 Å². The van der Waals surface area contributed by atoms with Gasteiger partial charge in [0.25, 0.3) is 0 Å². The molecule has 0 radical (unpaired) electrons. The fraction of sp³-hybridized carbons (Fsp3) is 0.500. The first-order chi connectivity index (χ1) is 9.02. The Labute approximate surface area is 114 Å². The number of thioether (sulfide) groups is 1. The second-order valence-electron chi connectivity index (χ2n) is 4.38. The molecule has 0 aliphatic carbocycles. The Balaban J connectivity index is 2.08. The van der Waals surface area contributed by atoms with Crippen LogP contribution in [0.5, 0.6) is 0 Å². The lowest BCUT2D eigenvalue weighted by atomic mass is 10.0. The van der Waals surface area contributed by atoms with E-state index in [9.17, 15) is 15.3 Å². The molecule has 0 aromatic heterocycles. The average molecular weight is 287 g/mol. The minimum atomic E-state index is -1.35. The molecule has 7 heteroatoms. The summed E-state index contributed by atoms with van der Waals surface area (Å²) in [4.78, 5) is 0.804. The van der Waals surface area contributed by atoms with E-state index in [0.717, 1.165) is 4.90 Å². The highest BCUT2D eigenvalue weighted by Crippen LogP contribution is 2.33. The van der Waals surface area contributed by atoms with Crippen LogP contribution in [-0.2, 0) is 4.74 Å². The van der Waals surface area contributed by atoms with Gasteiger partial charge in [0.05, 0.1) is 6.61 Å². The van der Waals surface area contributed by atoms with E-state index in [4.69, 9.17) is 15.6 Å². The number of aliphatic hydroxyl groups is 4. The molecule has 0 unspecified atom stereocenters. The van der Waals surface area contributed by atoms with Gasteiger partial charge in [-0.3, -0.25) is 0 Å². The number of benzene rings is 1. The Morgan fingerprint density at radius 1 is 1.05 bits per heavy atom. The van der Waals surface area contributed by atoms with Crippen molar-refractivity contribution in [3.8, 4) is 0 Å². The van der Waals surface area contributed by atoms with Gasteiger partial charge in [0, 0.05) is 10.6 Å². The second kappa shape index (κ2) is 6.08. The third kappa shape index (κ3) is 3.19. The lowest BCUT2D eigenvalue weighted by Crippen LogP contribution is -2.57. The Hall–Kier alpha value is -0.830. The maximum atomic E-state index is 9.87. The summed E-state index contributed by atoms with van der Waals surface area (Å²) in [7, 11) is 0. The van der Waals surface area contributed by atoms with E-state index in [1.807, 2.05) is 0 Å². The molecule has 0 bridgehead atoms. The van der Waals surface area contributed by atoms with Gasteiger partial charge >= 0.3 is 0 Å². The third-order valence-electron chi connectivity index (χ3n) is 2.98. The minimum Gasteiger partial charge on any atom is -0.399 e. The number of nitrogen functional groups attached to an aromatic ring is 1. The van der Waals surface area contributed by atoms with Crippen LogP contribution < -0.4 is 5.73 Å². The maximum Gasteiger partial charge on any atom is 0.136 e. The van der Waals surface area contributed by atoms with Gasteiger partial charge in [-0.25, -0.2) is 0 Å². The SMILES string of the molecule is Nc1ccc(S[C@@H]2O[C@H](CO)[C@H](O)[C@@H](O)[C@@H]2O)cc1. The molecule has 2 rings (SSSR count). The smallest absolute Gasteiger partial charge is 0.136 e. The molecular weight excluding hydrogens is 270 g/mol. The number of anilines is 1. The lowest BCUT2D eigenvalue weighted by molar-refractivity contribution is -0.205. The number of rotatable bonds is 3. The molecule has 1 aromatic rings. The van der Waals surface area contributed by atoms with Crippen molar-refractivity contribution in [2.45, 2.75) is 34.7 Å². The van der Waals surface area contributed by atoms with Crippen LogP contribution in [0.15, 0.2) is 29.2 Å². The van der Waals surface area contributed by atoms with Gasteiger partial charge in [-0.1, -0.05) is 11.8 Å². The van der Waals surface area contributed by atoms with Crippen LogP contribution in [0.25, 0.3) is 0 Å². The summed E-state index contributed by atoms with van der Waals surface area (Å²) in [5, 5.41) is 38.3. The van der Waals surface area contributed by atoms with Crippen LogP contribution in [0.2, 0.25) is 0 Å². The van der Waals surface area contributed by atoms with E-state index in [-0.39, 0.29) is 0 Å². The highest BCUT2D eigenvalue weighted by atomic mass is 32.2. The molecular formula is C12H17NO5S. The van der Waals surface area contributed by atoms with E-state index < -0.39 is 36.5 Å². The van der Waals surface area contributed by atoms with Crippen molar-refractivity contribution in [2.24, 2.45) is 0 Å². The summed E-state index contributed by atoms with van der Waals surface area (Å²) in [5.41, 5.74) is 5.43. The predicted octanol–water partition coefficient (Wildman–Crippen LogP) is -0.839. The first-order valence-electron chi connectivity index (χ1n) is 5.85. The summed E-state index contributed by atoms with van der Waals surface area (Å²) < 4.78 is 5.39. The van der Waals surface area contributed by atoms with Crippen molar-refractivity contribution in [3.05, 3.63) is 24.3 Å². The molecule has 1 aliphatic heterocycles. The molecule has 1 heterocycles. The van der Waals surface area contributed by atoms with Gasteiger partial charge < -0.3 is 30.9 Å². The average Bonchev–Trinajstić information content (AvgIpc) is 2.42. The van der Waals surface area contributed by atoms with Crippen LogP contribution in [0.4, 0.5) is 5.69 Å². The van der Waals surface area contributed by atoms with Crippen LogP contribution in [0.3, 0.4) is 0 Å². The standard InChI is InChI=1S/C12H17NO5S/c13-6-1-3-7(4-2-6)19-12-11(17)10(16)9(15)8(5-14)18-12/h1-4,8-12,14-17H,5,13H2/t8-,9+,10-,11+,12+/m1/s1. The van der Waals surface area contributed by atoms with Crippen molar-refractivity contribution in [3.63, 3.8) is 0 Å². The number of ether oxygens (including phenoxy) is 1. The molecule has 6 nitrogen and oxygen atoms in total. The van der Waals surface area contributed by atoms with Crippen LogP contribution in [0, 0.1) is 0 Å². The van der Waals surface area contributed by atoms with E-state index >= 15 is 0 Å². The zero-order valence-corrected chi connectivity index (χ0v) is 10.9. The summed E-state index contributed by atoms with van der Waals surface area (Å²) >= 11 is 1.20. The van der Waals surface area contributed by atoms with Crippen LogP contribution >= 0.6 is 11.8 Å². The first kappa shape index (κ1) is 14.6. The topological polar surface area (TPSA) is 116 Å². The minimum absolute atomic E-state index is 0.427. The van der Waals surface area contributed by atoms with Crippen molar-refractivity contribution >= 4 is 17.4 Å². The number of hydrogen-bond acceptors (Lipinski definition) is 7. The molecule has 1 aliphatic rings. The number of aliphatic hydroxyl groups excluding tert-OH is 4. The summed E-state index contributed by atoms with van der Waals surface area (Å²) in [6.45, 7) is -0.427. The van der Waals surface area contributed by atoms with Gasteiger partial charge in [-0.15, -0.1) is 0 Å². The molecule has 0 amide bonds. The number of nitrogens with two attached hydrogens (primary N) is 1. The summed E-state index contributed by atoms with van der Waals surface area (Å²) in [6, 6.07) is 6.96. The predicted molar refractivity (Wildman–Crippen MR) is 70.5 cm³/mol. The largest absolute Gasteiger partial charge is 0.399 e. The van der Waals surface area contributed by atoms with Gasteiger partial charge in [-0.2, -0.15) is 0 Å². The molecule has 1 fully saturated rings. The third-order valence-corrected chi connectivity index (χ3v) is 4.15. The van der Waals surface area contributed by atoms with E-state index in [2.05, 4.69) is 0 Å². The van der Waals surface area contributed by atoms with Gasteiger partial charge in [0.15, 0.2) is 0 Å². The molecule has 1 saturated heterocycles. The Morgan fingerprint density at radius 2 is 1.68 bits per heavy atom. The lowest BCUT2D eigenvalue weighted by Gasteiger charge is -2.39. The van der Waals surface area contributed by atoms with Crippen LogP contribution in [-0.4, -0.2) is 56.9 Å². The zero-order chi connectivity index (χ0) is 14.0. The fourth-order valence-electron chi connectivity index (χ4n) is 1.85. The molecule has 1 aromatic carbocycles. The maximum absolute atomic E-state index is 9.87. The zero-order valence-electron chi connectivity index (χ0n) is 10.1. The second-order valence-corrected chi connectivity index (χ2v) is 5.56. The van der Waals surface area contributed by atoms with Gasteiger partial charge in [-0.05, 0) is 24.3 Å². The molecule has 5 atom stereocenters. The van der Waals surface area contributed by atoms with Crippen LogP contribution in [0.1, 0.15) is 0 Å². The molecule has 19 heavy (non-hydrogen) atoms. The quantitative estimate of drug-likeness (QED) is 0.460. The molecule has 0 spiro atoms. The highest BCUT2D eigenvalue weighted by Gasteiger charge is 2.43. The Kier molecular flexibility index (Phi) is 4.67. The van der Waals surface area contributed by atoms with E-state index in [0.29, 0.717) is 5.69 Å². The van der Waals surface area contributed by atoms with E-state index in [1.165, 1.54) is 11.8 Å². The molecule has 6 N–H and O–H groups in total. The van der Waals surface area contributed by atoms with Gasteiger partial charge in [0.2, 0.25) is 0 Å².